The topological polar surface area (TPSA) is 74.6 Å². The van der Waals surface area contributed by atoms with Gasteiger partial charge in [0.1, 0.15) is 6.61 Å². The minimum absolute atomic E-state index is 0.0535. The first kappa shape index (κ1) is 17.2. The molecule has 0 aliphatic heterocycles. The summed E-state index contributed by atoms with van der Waals surface area (Å²) in [6.45, 7) is 4.01. The molecular weight excluding hydrogens is 316 g/mol. The van der Waals surface area contributed by atoms with Gasteiger partial charge in [-0.25, -0.2) is 0 Å². The molecule has 2 N–H and O–H groups in total. The minimum atomic E-state index is -0.482. The fraction of sp³-hybridized carbons (Fsp3) is 0.714. The lowest BCUT2D eigenvalue weighted by Crippen LogP contribution is -2.50. The van der Waals surface area contributed by atoms with Crippen LogP contribution in [0, 0.1) is 28.6 Å². The van der Waals surface area contributed by atoms with Gasteiger partial charge in [-0.05, 0) is 49.5 Å². The summed E-state index contributed by atoms with van der Waals surface area (Å²) in [5.74, 6) is 0.367. The second kappa shape index (κ2) is 5.62. The molecule has 0 radical (unpaired) electrons. The summed E-state index contributed by atoms with van der Waals surface area (Å²) in [6, 6.07) is 0. The number of carbonyl (C=O) groups excluding carboxylic acids is 2. The lowest BCUT2D eigenvalue weighted by molar-refractivity contribution is -0.130. The number of allylic oxidation sites excluding steroid dienone is 2. The van der Waals surface area contributed by atoms with Crippen molar-refractivity contribution in [2.24, 2.45) is 28.6 Å². The predicted octanol–water partition coefficient (Wildman–Crippen LogP) is 2.59. The Kier molecular flexibility index (Phi) is 3.86. The Hall–Kier alpha value is -1.26. The van der Waals surface area contributed by atoms with Gasteiger partial charge in [0.15, 0.2) is 11.6 Å². The second-order valence-corrected chi connectivity index (χ2v) is 9.00. The average molecular weight is 344 g/mol. The molecule has 0 aromatic rings. The zero-order valence-electron chi connectivity index (χ0n) is 15.1. The van der Waals surface area contributed by atoms with Crippen LogP contribution < -0.4 is 0 Å². The maximum absolute atomic E-state index is 12.3. The maximum Gasteiger partial charge on any atom is 0.161 e. The first-order chi connectivity index (χ1) is 11.8. The van der Waals surface area contributed by atoms with E-state index in [2.05, 4.69) is 19.9 Å². The van der Waals surface area contributed by atoms with Gasteiger partial charge in [0.2, 0.25) is 0 Å². The SMILES string of the molecule is C[C@]12CCC(=O)C=C1C[C@@H](O)[C@@H]1C2=CC[C@]2(C)[C@@H](C(=O)CO)CC[C@@H]12. The highest BCUT2D eigenvalue weighted by Gasteiger charge is 2.59. The van der Waals surface area contributed by atoms with Crippen LogP contribution >= 0.6 is 0 Å². The molecule has 4 nitrogen and oxygen atoms in total. The van der Waals surface area contributed by atoms with E-state index in [1.54, 1.807) is 6.08 Å². The molecule has 4 aliphatic rings. The number of ketones is 2. The van der Waals surface area contributed by atoms with E-state index in [0.29, 0.717) is 12.8 Å². The van der Waals surface area contributed by atoms with Crippen LogP contribution in [0.15, 0.2) is 23.3 Å². The molecule has 6 atom stereocenters. The zero-order chi connectivity index (χ0) is 18.0. The molecule has 0 unspecified atom stereocenters. The molecule has 0 bridgehead atoms. The van der Waals surface area contributed by atoms with Gasteiger partial charge in [-0.15, -0.1) is 0 Å². The summed E-state index contributed by atoms with van der Waals surface area (Å²) in [7, 11) is 0. The first-order valence-electron chi connectivity index (χ1n) is 9.57. The number of Topliss-reactive ketones (excluding diaryl/α,β-unsaturated/α-hetero) is 1. The van der Waals surface area contributed by atoms with Gasteiger partial charge < -0.3 is 10.2 Å². The molecule has 0 heterocycles. The Labute approximate surface area is 149 Å². The monoisotopic (exact) mass is 344 g/mol. The number of hydrogen-bond donors (Lipinski definition) is 2. The number of fused-ring (bicyclic) bond motifs is 5. The number of aliphatic hydroxyl groups excluding tert-OH is 2. The lowest BCUT2D eigenvalue weighted by atomic mass is 9.50. The van der Waals surface area contributed by atoms with Crippen LogP contribution in [0.1, 0.15) is 52.4 Å². The highest BCUT2D eigenvalue weighted by molar-refractivity contribution is 5.92. The smallest absolute Gasteiger partial charge is 0.161 e. The van der Waals surface area contributed by atoms with E-state index in [1.165, 1.54) is 5.57 Å². The summed E-state index contributed by atoms with van der Waals surface area (Å²) < 4.78 is 0. The number of carbonyl (C=O) groups is 2. The van der Waals surface area contributed by atoms with Crippen molar-refractivity contribution in [3.63, 3.8) is 0 Å². The molecule has 0 amide bonds. The van der Waals surface area contributed by atoms with E-state index in [9.17, 15) is 19.8 Å². The average Bonchev–Trinajstić information content (AvgIpc) is 2.93. The van der Waals surface area contributed by atoms with E-state index in [-0.39, 0.29) is 46.8 Å². The van der Waals surface area contributed by atoms with Gasteiger partial charge in [-0.2, -0.15) is 0 Å². The zero-order valence-corrected chi connectivity index (χ0v) is 15.1. The Balaban J connectivity index is 1.76. The summed E-state index contributed by atoms with van der Waals surface area (Å²) >= 11 is 0. The van der Waals surface area contributed by atoms with Crippen molar-refractivity contribution in [2.45, 2.75) is 58.5 Å². The van der Waals surface area contributed by atoms with E-state index < -0.39 is 6.10 Å². The molecule has 0 aromatic heterocycles. The van der Waals surface area contributed by atoms with Crippen molar-refractivity contribution in [1.29, 1.82) is 0 Å². The first-order valence-corrected chi connectivity index (χ1v) is 9.57. The van der Waals surface area contributed by atoms with Gasteiger partial charge >= 0.3 is 0 Å². The Bertz CT molecular complexity index is 690. The molecule has 0 aromatic carbocycles. The molecule has 2 saturated carbocycles. The summed E-state index contributed by atoms with van der Waals surface area (Å²) in [5.41, 5.74) is 2.10. The van der Waals surface area contributed by atoms with Crippen molar-refractivity contribution in [3.05, 3.63) is 23.3 Å². The van der Waals surface area contributed by atoms with Crippen molar-refractivity contribution >= 4 is 11.6 Å². The molecule has 2 fully saturated rings. The van der Waals surface area contributed by atoms with Gasteiger partial charge in [0.25, 0.3) is 0 Å². The van der Waals surface area contributed by atoms with Crippen LogP contribution in [0.5, 0.6) is 0 Å². The third-order valence-corrected chi connectivity index (χ3v) is 7.90. The van der Waals surface area contributed by atoms with Gasteiger partial charge in [0.05, 0.1) is 6.10 Å². The Morgan fingerprint density at radius 2 is 2.08 bits per heavy atom. The number of aliphatic hydroxyl groups is 2. The summed E-state index contributed by atoms with van der Waals surface area (Å²) in [5, 5.41) is 20.3. The largest absolute Gasteiger partial charge is 0.392 e. The van der Waals surface area contributed by atoms with E-state index in [4.69, 9.17) is 0 Å². The van der Waals surface area contributed by atoms with Crippen LogP contribution in [-0.4, -0.2) is 34.5 Å². The normalized spacial score (nSPS) is 45.8. The molecule has 0 spiro atoms. The highest BCUT2D eigenvalue weighted by atomic mass is 16.3. The van der Waals surface area contributed by atoms with Crippen molar-refractivity contribution in [3.8, 4) is 0 Å². The molecule has 136 valence electrons. The fourth-order valence-corrected chi connectivity index (χ4v) is 6.46. The van der Waals surface area contributed by atoms with Crippen molar-refractivity contribution in [1.82, 2.24) is 0 Å². The Morgan fingerprint density at radius 1 is 1.32 bits per heavy atom. The van der Waals surface area contributed by atoms with Crippen molar-refractivity contribution < 1.29 is 19.8 Å². The third kappa shape index (κ3) is 2.26. The van der Waals surface area contributed by atoms with E-state index >= 15 is 0 Å². The molecule has 4 rings (SSSR count). The molecule has 25 heavy (non-hydrogen) atoms. The summed E-state index contributed by atoms with van der Waals surface area (Å²) in [4.78, 5) is 24.1. The molecular formula is C21H28O4. The third-order valence-electron chi connectivity index (χ3n) is 7.90. The van der Waals surface area contributed by atoms with Gasteiger partial charge in [-0.3, -0.25) is 9.59 Å². The van der Waals surface area contributed by atoms with Crippen LogP contribution in [0.2, 0.25) is 0 Å². The van der Waals surface area contributed by atoms with Gasteiger partial charge in [0, 0.05) is 23.7 Å². The standard InChI is InChI=1S/C21H28O4/c1-20-7-5-13(23)9-12(20)10-17(24)19-15-4-3-14(18(25)11-22)21(15,2)8-6-16(19)20/h6,9,14-15,17,19,22,24H,3-5,7-8,10-11H2,1-2H3/t14-,15+,17-,19+,20+,21-/m1/s1. The van der Waals surface area contributed by atoms with Gasteiger partial charge in [-0.1, -0.05) is 31.1 Å². The van der Waals surface area contributed by atoms with E-state index in [1.807, 2.05) is 0 Å². The Morgan fingerprint density at radius 3 is 2.80 bits per heavy atom. The molecule has 4 aliphatic carbocycles. The number of hydrogen-bond acceptors (Lipinski definition) is 4. The van der Waals surface area contributed by atoms with Crippen LogP contribution in [-0.2, 0) is 9.59 Å². The predicted molar refractivity (Wildman–Crippen MR) is 93.7 cm³/mol. The molecule has 0 saturated heterocycles. The fourth-order valence-electron chi connectivity index (χ4n) is 6.46. The second-order valence-electron chi connectivity index (χ2n) is 9.00. The molecule has 4 heteroatoms. The van der Waals surface area contributed by atoms with Crippen LogP contribution in [0.4, 0.5) is 0 Å². The van der Waals surface area contributed by atoms with Crippen molar-refractivity contribution in [2.75, 3.05) is 6.61 Å². The van der Waals surface area contributed by atoms with Crippen LogP contribution in [0.25, 0.3) is 0 Å². The highest BCUT2D eigenvalue weighted by Crippen LogP contribution is 2.64. The minimum Gasteiger partial charge on any atom is -0.392 e. The van der Waals surface area contributed by atoms with Crippen LogP contribution in [0.3, 0.4) is 0 Å². The quantitative estimate of drug-likeness (QED) is 0.755. The maximum atomic E-state index is 12.3. The lowest BCUT2D eigenvalue weighted by Gasteiger charge is -2.55. The van der Waals surface area contributed by atoms with E-state index in [0.717, 1.165) is 31.3 Å². The number of rotatable bonds is 2. The summed E-state index contributed by atoms with van der Waals surface area (Å²) in [6.07, 6.45) is 8.08.